The van der Waals surface area contributed by atoms with Crippen LogP contribution in [0.15, 0.2) is 47.9 Å². The fraction of sp³-hybridized carbons (Fsp3) is 0.409. The number of hydrogen-bond acceptors (Lipinski definition) is 6. The maximum absolute atomic E-state index is 13.2. The smallest absolute Gasteiger partial charge is 0.243 e. The van der Waals surface area contributed by atoms with Crippen LogP contribution in [0.5, 0.6) is 0 Å². The summed E-state index contributed by atoms with van der Waals surface area (Å²) in [5, 5.41) is 0. The molecule has 8 nitrogen and oxygen atoms in total. The van der Waals surface area contributed by atoms with Crippen molar-refractivity contribution in [2.45, 2.75) is 37.5 Å². The molecule has 0 atom stereocenters. The van der Waals surface area contributed by atoms with Gasteiger partial charge in [0.15, 0.2) is 5.82 Å². The molecule has 1 aliphatic carbocycles. The monoisotopic (exact) mass is 438 g/mol. The minimum absolute atomic E-state index is 0.416. The standard InChI is InChI=1S/C22H26N6O2S/c1-17-24-8-9-28(17)22-16-23-15-21(25-22)26-10-12-27(13-11-26)31(29,30)20-7-6-18-4-2-3-5-19(18)14-20/h6-9,14-16H,2-5,10-13H2,1H3. The van der Waals surface area contributed by atoms with E-state index in [0.29, 0.717) is 36.9 Å². The average molecular weight is 439 g/mol. The molecule has 5 rings (SSSR count). The zero-order valence-electron chi connectivity index (χ0n) is 17.6. The van der Waals surface area contributed by atoms with Crippen molar-refractivity contribution in [3.63, 3.8) is 0 Å². The molecule has 3 aromatic rings. The van der Waals surface area contributed by atoms with Gasteiger partial charge < -0.3 is 4.90 Å². The fourth-order valence-corrected chi connectivity index (χ4v) is 5.88. The van der Waals surface area contributed by atoms with Gasteiger partial charge in [-0.1, -0.05) is 6.07 Å². The van der Waals surface area contributed by atoms with E-state index in [1.165, 1.54) is 17.5 Å². The molecule has 0 saturated carbocycles. The number of sulfonamides is 1. The molecule has 9 heteroatoms. The van der Waals surface area contributed by atoms with E-state index in [2.05, 4.69) is 14.9 Å². The summed E-state index contributed by atoms with van der Waals surface area (Å²) < 4.78 is 29.9. The molecule has 1 saturated heterocycles. The third kappa shape index (κ3) is 3.83. The quantitative estimate of drug-likeness (QED) is 0.622. The lowest BCUT2D eigenvalue weighted by Crippen LogP contribution is -2.49. The Morgan fingerprint density at radius 3 is 2.42 bits per heavy atom. The molecule has 0 unspecified atom stereocenters. The molecule has 2 aliphatic rings. The van der Waals surface area contributed by atoms with Crippen molar-refractivity contribution in [2.75, 3.05) is 31.1 Å². The maximum atomic E-state index is 13.2. The van der Waals surface area contributed by atoms with Gasteiger partial charge in [0.2, 0.25) is 10.0 Å². The Hall–Kier alpha value is -2.78. The highest BCUT2D eigenvalue weighted by Gasteiger charge is 2.30. The number of benzene rings is 1. The minimum Gasteiger partial charge on any atom is -0.353 e. The molecular formula is C22H26N6O2S. The Morgan fingerprint density at radius 2 is 1.68 bits per heavy atom. The van der Waals surface area contributed by atoms with E-state index < -0.39 is 10.0 Å². The van der Waals surface area contributed by atoms with E-state index >= 15 is 0 Å². The summed E-state index contributed by atoms with van der Waals surface area (Å²) in [7, 11) is -3.49. The van der Waals surface area contributed by atoms with Gasteiger partial charge >= 0.3 is 0 Å². The normalized spacial score (nSPS) is 17.5. The van der Waals surface area contributed by atoms with Crippen molar-refractivity contribution < 1.29 is 8.42 Å². The lowest BCUT2D eigenvalue weighted by molar-refractivity contribution is 0.383. The molecule has 0 bridgehead atoms. The van der Waals surface area contributed by atoms with Crippen LogP contribution in [0.1, 0.15) is 29.8 Å². The second kappa shape index (κ2) is 8.05. The number of imidazole rings is 1. The van der Waals surface area contributed by atoms with Crippen molar-refractivity contribution in [3.8, 4) is 5.82 Å². The zero-order chi connectivity index (χ0) is 21.4. The van der Waals surface area contributed by atoms with E-state index in [0.717, 1.165) is 30.9 Å². The molecular weight excluding hydrogens is 412 g/mol. The van der Waals surface area contributed by atoms with Crippen molar-refractivity contribution in [3.05, 3.63) is 59.9 Å². The number of piperazine rings is 1. The van der Waals surface area contributed by atoms with Gasteiger partial charge in [0, 0.05) is 38.6 Å². The van der Waals surface area contributed by atoms with Crippen LogP contribution in [-0.4, -0.2) is 58.4 Å². The van der Waals surface area contributed by atoms with E-state index in [9.17, 15) is 8.42 Å². The van der Waals surface area contributed by atoms with E-state index in [-0.39, 0.29) is 0 Å². The summed E-state index contributed by atoms with van der Waals surface area (Å²) in [6.07, 6.45) is 11.4. The fourth-order valence-electron chi connectivity index (χ4n) is 4.41. The molecule has 1 fully saturated rings. The SMILES string of the molecule is Cc1nccn1-c1cncc(N2CCN(S(=O)(=O)c3ccc4c(c3)CCCC4)CC2)n1. The van der Waals surface area contributed by atoms with Crippen molar-refractivity contribution in [1.29, 1.82) is 0 Å². The number of rotatable bonds is 4. The zero-order valence-corrected chi connectivity index (χ0v) is 18.4. The summed E-state index contributed by atoms with van der Waals surface area (Å²) in [5.41, 5.74) is 2.48. The second-order valence-electron chi connectivity index (χ2n) is 8.11. The number of aryl methyl sites for hydroxylation is 3. The number of hydrogen-bond donors (Lipinski definition) is 0. The third-order valence-corrected chi connectivity index (χ3v) is 8.10. The Morgan fingerprint density at radius 1 is 0.935 bits per heavy atom. The Balaban J connectivity index is 1.31. The molecule has 0 amide bonds. The molecule has 0 N–H and O–H groups in total. The van der Waals surface area contributed by atoms with E-state index in [1.807, 2.05) is 29.8 Å². The first-order chi connectivity index (χ1) is 15.0. The molecule has 2 aromatic heterocycles. The average Bonchev–Trinajstić information content (AvgIpc) is 3.25. The van der Waals surface area contributed by atoms with Gasteiger partial charge in [-0.2, -0.15) is 4.31 Å². The summed E-state index contributed by atoms with van der Waals surface area (Å²) >= 11 is 0. The summed E-state index contributed by atoms with van der Waals surface area (Å²) in [6.45, 7) is 3.92. The molecule has 1 aliphatic heterocycles. The van der Waals surface area contributed by atoms with Gasteiger partial charge in [-0.15, -0.1) is 0 Å². The van der Waals surface area contributed by atoms with E-state index in [1.54, 1.807) is 29.0 Å². The molecule has 0 spiro atoms. The number of aromatic nitrogens is 4. The Labute approximate surface area is 182 Å². The molecule has 31 heavy (non-hydrogen) atoms. The van der Waals surface area contributed by atoms with Crippen LogP contribution in [0, 0.1) is 6.92 Å². The predicted molar refractivity (Wildman–Crippen MR) is 118 cm³/mol. The van der Waals surface area contributed by atoms with Gasteiger partial charge in [-0.05, 0) is 55.9 Å². The minimum atomic E-state index is -3.49. The first kappa shape index (κ1) is 20.1. The van der Waals surface area contributed by atoms with Gasteiger partial charge in [-0.3, -0.25) is 9.55 Å². The largest absolute Gasteiger partial charge is 0.353 e. The Kier molecular flexibility index (Phi) is 5.23. The van der Waals surface area contributed by atoms with Crippen molar-refractivity contribution in [2.24, 2.45) is 0 Å². The highest BCUT2D eigenvalue weighted by atomic mass is 32.2. The first-order valence-corrected chi connectivity index (χ1v) is 12.2. The molecule has 0 radical (unpaired) electrons. The van der Waals surface area contributed by atoms with Crippen LogP contribution in [0.4, 0.5) is 5.82 Å². The molecule has 162 valence electrons. The summed E-state index contributed by atoms with van der Waals surface area (Å²) in [4.78, 5) is 15.8. The van der Waals surface area contributed by atoms with Crippen molar-refractivity contribution >= 4 is 15.8 Å². The Bertz CT molecular complexity index is 1200. The van der Waals surface area contributed by atoms with E-state index in [4.69, 9.17) is 4.98 Å². The first-order valence-electron chi connectivity index (χ1n) is 10.7. The van der Waals surface area contributed by atoms with Crippen LogP contribution in [-0.2, 0) is 22.9 Å². The number of nitrogens with zero attached hydrogens (tertiary/aromatic N) is 6. The number of fused-ring (bicyclic) bond motifs is 1. The highest BCUT2D eigenvalue weighted by molar-refractivity contribution is 7.89. The van der Waals surface area contributed by atoms with Gasteiger partial charge in [0.1, 0.15) is 11.6 Å². The van der Waals surface area contributed by atoms with Gasteiger partial charge in [0.25, 0.3) is 0 Å². The van der Waals surface area contributed by atoms with Crippen LogP contribution < -0.4 is 4.90 Å². The lowest BCUT2D eigenvalue weighted by atomic mass is 9.92. The van der Waals surface area contributed by atoms with Crippen molar-refractivity contribution in [1.82, 2.24) is 23.8 Å². The van der Waals surface area contributed by atoms with Crippen LogP contribution in [0.25, 0.3) is 5.82 Å². The van der Waals surface area contributed by atoms with Gasteiger partial charge in [-0.25, -0.2) is 18.4 Å². The predicted octanol–water partition coefficient (Wildman–Crippen LogP) is 2.36. The molecule has 3 heterocycles. The van der Waals surface area contributed by atoms with Gasteiger partial charge in [0.05, 0.1) is 17.3 Å². The van der Waals surface area contributed by atoms with Crippen LogP contribution in [0.2, 0.25) is 0 Å². The summed E-state index contributed by atoms with van der Waals surface area (Å²) in [6, 6.07) is 5.66. The number of anilines is 1. The lowest BCUT2D eigenvalue weighted by Gasteiger charge is -2.34. The summed E-state index contributed by atoms with van der Waals surface area (Å²) in [5.74, 6) is 2.29. The topological polar surface area (TPSA) is 84.2 Å². The van der Waals surface area contributed by atoms with Crippen LogP contribution in [0.3, 0.4) is 0 Å². The van der Waals surface area contributed by atoms with Crippen LogP contribution >= 0.6 is 0 Å². The second-order valence-corrected chi connectivity index (χ2v) is 10.0. The highest BCUT2D eigenvalue weighted by Crippen LogP contribution is 2.26. The third-order valence-electron chi connectivity index (χ3n) is 6.20. The maximum Gasteiger partial charge on any atom is 0.243 e. The molecule has 1 aromatic carbocycles.